The van der Waals surface area contributed by atoms with E-state index in [-0.39, 0.29) is 17.2 Å². The molecule has 1 N–H and O–H groups in total. The molecule has 0 fully saturated rings. The Balaban J connectivity index is 1.41. The van der Waals surface area contributed by atoms with Gasteiger partial charge in [-0.25, -0.2) is 9.36 Å². The van der Waals surface area contributed by atoms with Gasteiger partial charge in [0.2, 0.25) is 11.7 Å². The van der Waals surface area contributed by atoms with E-state index in [1.54, 1.807) is 41.7 Å². The molecule has 0 spiro atoms. The number of hydrogen-bond donors (Lipinski definition) is 1. The van der Waals surface area contributed by atoms with Gasteiger partial charge in [0.25, 0.3) is 5.56 Å². The first kappa shape index (κ1) is 23.3. The molecule has 3 aromatic carbocycles. The van der Waals surface area contributed by atoms with E-state index in [0.717, 1.165) is 0 Å². The van der Waals surface area contributed by atoms with Crippen molar-refractivity contribution in [3.05, 3.63) is 94.8 Å². The summed E-state index contributed by atoms with van der Waals surface area (Å²) >= 11 is 1.21. The molecule has 0 aliphatic carbocycles. The molecule has 5 rings (SSSR count). The number of nitrogens with one attached hydrogen (secondary N) is 1. The summed E-state index contributed by atoms with van der Waals surface area (Å²) in [5.74, 6) is -0.228. The van der Waals surface area contributed by atoms with Crippen molar-refractivity contribution in [1.29, 1.82) is 0 Å². The van der Waals surface area contributed by atoms with Crippen molar-refractivity contribution in [3.8, 4) is 5.69 Å². The van der Waals surface area contributed by atoms with Crippen molar-refractivity contribution in [2.45, 2.75) is 12.1 Å². The second-order valence-corrected chi connectivity index (χ2v) is 8.69. The number of nitrogens with zero attached hydrogens (tertiary/aromatic N) is 4. The Morgan fingerprint density at radius 2 is 1.67 bits per heavy atom. The molecule has 0 aliphatic heterocycles. The summed E-state index contributed by atoms with van der Waals surface area (Å²) < 4.78 is 8.28. The molecule has 0 atom stereocenters. The van der Waals surface area contributed by atoms with Crippen molar-refractivity contribution in [3.63, 3.8) is 0 Å². The number of amides is 1. The van der Waals surface area contributed by atoms with Crippen LogP contribution < -0.4 is 10.9 Å². The van der Waals surface area contributed by atoms with Gasteiger partial charge in [0.15, 0.2) is 5.16 Å². The van der Waals surface area contributed by atoms with Gasteiger partial charge in [-0.3, -0.25) is 14.0 Å². The fourth-order valence-electron chi connectivity index (χ4n) is 3.81. The highest BCUT2D eigenvalue weighted by molar-refractivity contribution is 7.99. The third-order valence-electron chi connectivity index (χ3n) is 5.42. The third kappa shape index (κ3) is 4.46. The van der Waals surface area contributed by atoms with E-state index in [2.05, 4.69) is 15.5 Å². The van der Waals surface area contributed by atoms with Crippen LogP contribution in [0, 0.1) is 0 Å². The van der Waals surface area contributed by atoms with Crippen LogP contribution in [0.2, 0.25) is 0 Å². The highest BCUT2D eigenvalue weighted by atomic mass is 32.2. The van der Waals surface area contributed by atoms with Crippen LogP contribution in [0.25, 0.3) is 22.4 Å². The first-order valence-electron chi connectivity index (χ1n) is 11.2. The number of hydrogen-bond acceptors (Lipinski definition) is 7. The van der Waals surface area contributed by atoms with E-state index in [1.165, 1.54) is 16.3 Å². The minimum absolute atomic E-state index is 0.0687. The molecule has 0 saturated carbocycles. The summed E-state index contributed by atoms with van der Waals surface area (Å²) in [5, 5.41) is 12.4. The second-order valence-electron chi connectivity index (χ2n) is 7.75. The zero-order chi connectivity index (χ0) is 25.1. The van der Waals surface area contributed by atoms with Crippen LogP contribution in [0.1, 0.15) is 17.3 Å². The minimum Gasteiger partial charge on any atom is -0.462 e. The predicted octanol–water partition coefficient (Wildman–Crippen LogP) is 3.94. The normalized spacial score (nSPS) is 11.0. The molecule has 0 unspecified atom stereocenters. The summed E-state index contributed by atoms with van der Waals surface area (Å²) in [5.41, 5.74) is 2.11. The van der Waals surface area contributed by atoms with Gasteiger partial charge < -0.3 is 10.1 Å². The molecule has 10 heteroatoms. The van der Waals surface area contributed by atoms with Crippen molar-refractivity contribution < 1.29 is 14.3 Å². The maximum absolute atomic E-state index is 13.3. The number of rotatable bonds is 7. The largest absolute Gasteiger partial charge is 0.462 e. The number of carbonyl (C=O) groups is 2. The number of aromatic nitrogens is 4. The van der Waals surface area contributed by atoms with Gasteiger partial charge in [-0.15, -0.1) is 10.2 Å². The van der Waals surface area contributed by atoms with Gasteiger partial charge in [0, 0.05) is 5.69 Å². The number of ether oxygens (including phenoxy) is 1. The molecule has 0 radical (unpaired) electrons. The number of para-hydroxylation sites is 2. The molecule has 0 saturated heterocycles. The smallest absolute Gasteiger partial charge is 0.338 e. The van der Waals surface area contributed by atoms with Crippen molar-refractivity contribution in [2.24, 2.45) is 0 Å². The van der Waals surface area contributed by atoms with E-state index < -0.39 is 5.97 Å². The minimum atomic E-state index is -0.411. The number of fused-ring (bicyclic) bond motifs is 3. The lowest BCUT2D eigenvalue weighted by molar-refractivity contribution is -0.113. The summed E-state index contributed by atoms with van der Waals surface area (Å²) in [7, 11) is 0. The SMILES string of the molecule is CCOC(=O)c1ccc(NC(=O)CSc2nnc3n(-c4ccccc4)c(=O)c4ccccc4n23)cc1. The molecule has 0 bridgehead atoms. The molecular weight excluding hydrogens is 478 g/mol. The van der Waals surface area contributed by atoms with Crippen LogP contribution in [0.15, 0.2) is 88.8 Å². The van der Waals surface area contributed by atoms with Gasteiger partial charge in [-0.2, -0.15) is 0 Å². The van der Waals surface area contributed by atoms with Crippen LogP contribution in [0.4, 0.5) is 5.69 Å². The van der Waals surface area contributed by atoms with Crippen molar-refractivity contribution in [2.75, 3.05) is 17.7 Å². The van der Waals surface area contributed by atoms with Crippen LogP contribution in [-0.2, 0) is 9.53 Å². The van der Waals surface area contributed by atoms with E-state index in [4.69, 9.17) is 4.74 Å². The zero-order valence-corrected chi connectivity index (χ0v) is 20.1. The summed E-state index contributed by atoms with van der Waals surface area (Å²) in [6, 6.07) is 23.0. The highest BCUT2D eigenvalue weighted by Crippen LogP contribution is 2.23. The molecule has 5 aromatic rings. The Morgan fingerprint density at radius 3 is 2.42 bits per heavy atom. The maximum atomic E-state index is 13.3. The van der Waals surface area contributed by atoms with Gasteiger partial charge in [0.1, 0.15) is 0 Å². The number of anilines is 1. The molecule has 9 nitrogen and oxygen atoms in total. The predicted molar refractivity (Wildman–Crippen MR) is 138 cm³/mol. The fraction of sp³-hybridized carbons (Fsp3) is 0.115. The lowest BCUT2D eigenvalue weighted by Crippen LogP contribution is -2.21. The first-order chi connectivity index (χ1) is 17.6. The third-order valence-corrected chi connectivity index (χ3v) is 6.35. The summed E-state index contributed by atoms with van der Waals surface area (Å²) in [4.78, 5) is 37.7. The first-order valence-corrected chi connectivity index (χ1v) is 12.2. The monoisotopic (exact) mass is 499 g/mol. The van der Waals surface area contributed by atoms with E-state index >= 15 is 0 Å². The van der Waals surface area contributed by atoms with Crippen molar-refractivity contribution >= 4 is 46.0 Å². The Labute approximate surface area is 209 Å². The standard InChI is InChI=1S/C26H21N5O4S/c1-2-35-24(34)17-12-14-18(15-13-17)27-22(32)16-36-26-29-28-25-30(19-8-4-3-5-9-19)23(33)20-10-6-7-11-21(20)31(25)26/h3-15H,2,16H2,1H3,(H,27,32). The number of thioether (sulfide) groups is 1. The maximum Gasteiger partial charge on any atom is 0.338 e. The lowest BCUT2D eigenvalue weighted by atomic mass is 10.2. The lowest BCUT2D eigenvalue weighted by Gasteiger charge is -2.11. The molecule has 0 aliphatic rings. The summed E-state index contributed by atoms with van der Waals surface area (Å²) in [6.45, 7) is 2.04. The van der Waals surface area contributed by atoms with Crippen LogP contribution in [-0.4, -0.2) is 43.4 Å². The highest BCUT2D eigenvalue weighted by Gasteiger charge is 2.18. The molecule has 180 valence electrons. The van der Waals surface area contributed by atoms with Crippen molar-refractivity contribution in [1.82, 2.24) is 19.2 Å². The Morgan fingerprint density at radius 1 is 0.944 bits per heavy atom. The topological polar surface area (TPSA) is 108 Å². The van der Waals surface area contributed by atoms with Crippen LogP contribution in [0.5, 0.6) is 0 Å². The zero-order valence-electron chi connectivity index (χ0n) is 19.2. The average molecular weight is 500 g/mol. The van der Waals surface area contributed by atoms with Crippen LogP contribution >= 0.6 is 11.8 Å². The Kier molecular flexibility index (Phi) is 6.50. The Hall–Kier alpha value is -4.44. The molecule has 1 amide bonds. The van der Waals surface area contributed by atoms with Gasteiger partial charge in [-0.05, 0) is 55.5 Å². The number of carbonyl (C=O) groups excluding carboxylic acids is 2. The summed E-state index contributed by atoms with van der Waals surface area (Å²) in [6.07, 6.45) is 0. The fourth-order valence-corrected chi connectivity index (χ4v) is 4.55. The van der Waals surface area contributed by atoms with Crippen LogP contribution in [0.3, 0.4) is 0 Å². The second kappa shape index (κ2) is 10.0. The number of esters is 1. The van der Waals surface area contributed by atoms with Gasteiger partial charge in [-0.1, -0.05) is 42.1 Å². The Bertz CT molecular complexity index is 1630. The molecule has 2 aromatic heterocycles. The molecular formula is C26H21N5O4S. The molecule has 2 heterocycles. The van der Waals surface area contributed by atoms with E-state index in [0.29, 0.717) is 45.4 Å². The van der Waals surface area contributed by atoms with Gasteiger partial charge >= 0.3 is 5.97 Å². The van der Waals surface area contributed by atoms with Gasteiger partial charge in [0.05, 0.1) is 34.5 Å². The number of benzene rings is 3. The quantitative estimate of drug-likeness (QED) is 0.267. The van der Waals surface area contributed by atoms with E-state index in [1.807, 2.05) is 48.5 Å². The average Bonchev–Trinajstić information content (AvgIpc) is 3.32. The molecule has 36 heavy (non-hydrogen) atoms. The van der Waals surface area contributed by atoms with E-state index in [9.17, 15) is 14.4 Å².